The average Bonchev–Trinajstić information content (AvgIpc) is 2.68. The summed E-state index contributed by atoms with van der Waals surface area (Å²) in [5.41, 5.74) is 1.03. The summed E-state index contributed by atoms with van der Waals surface area (Å²) in [6.07, 6.45) is 2.64. The molecule has 0 aliphatic rings. The van der Waals surface area contributed by atoms with Crippen molar-refractivity contribution in [2.75, 3.05) is 19.5 Å². The van der Waals surface area contributed by atoms with E-state index < -0.39 is 11.9 Å². The topological polar surface area (TPSA) is 101 Å². The van der Waals surface area contributed by atoms with Crippen LogP contribution in [0.5, 0.6) is 0 Å². The van der Waals surface area contributed by atoms with E-state index in [-0.39, 0.29) is 5.70 Å². The Kier molecular flexibility index (Phi) is 6.76. The molecule has 0 fully saturated rings. The monoisotopic (exact) mass is 369 g/mol. The lowest BCUT2D eigenvalue weighted by Gasteiger charge is -2.10. The molecular formula is C18H15N3O4S. The Morgan fingerprint density at radius 3 is 2.54 bits per heavy atom. The van der Waals surface area contributed by atoms with Gasteiger partial charge in [-0.25, -0.2) is 14.6 Å². The molecule has 0 aliphatic heterocycles. The van der Waals surface area contributed by atoms with Crippen molar-refractivity contribution in [3.8, 4) is 6.07 Å². The third-order valence-electron chi connectivity index (χ3n) is 3.11. The number of anilines is 1. The van der Waals surface area contributed by atoms with Crippen molar-refractivity contribution >= 4 is 29.4 Å². The van der Waals surface area contributed by atoms with Crippen molar-refractivity contribution in [1.29, 1.82) is 5.26 Å². The summed E-state index contributed by atoms with van der Waals surface area (Å²) in [5, 5.41) is 12.5. The number of nitrogens with zero attached hydrogens (tertiary/aromatic N) is 2. The summed E-state index contributed by atoms with van der Waals surface area (Å²) in [7, 11) is 2.43. The van der Waals surface area contributed by atoms with Crippen LogP contribution in [0.15, 0.2) is 64.3 Å². The number of rotatable bonds is 6. The number of benzene rings is 1. The van der Waals surface area contributed by atoms with Gasteiger partial charge in [-0.05, 0) is 36.4 Å². The third-order valence-corrected chi connectivity index (χ3v) is 4.13. The molecule has 0 bridgehead atoms. The van der Waals surface area contributed by atoms with Crippen LogP contribution in [0.3, 0.4) is 0 Å². The fourth-order valence-corrected chi connectivity index (χ4v) is 2.70. The molecule has 132 valence electrons. The molecule has 0 unspecified atom stereocenters. The highest BCUT2D eigenvalue weighted by Crippen LogP contribution is 2.29. The molecule has 0 aliphatic carbocycles. The minimum absolute atomic E-state index is 0.0451. The third kappa shape index (κ3) is 5.09. The van der Waals surface area contributed by atoms with Crippen LogP contribution < -0.4 is 5.32 Å². The van der Waals surface area contributed by atoms with Crippen molar-refractivity contribution in [2.24, 2.45) is 0 Å². The number of carbonyl (C=O) groups is 2. The molecule has 0 spiro atoms. The van der Waals surface area contributed by atoms with Crippen LogP contribution in [0.4, 0.5) is 5.69 Å². The van der Waals surface area contributed by atoms with Gasteiger partial charge in [-0.15, -0.1) is 0 Å². The van der Waals surface area contributed by atoms with Crippen LogP contribution in [-0.2, 0) is 19.1 Å². The highest BCUT2D eigenvalue weighted by molar-refractivity contribution is 7.99. The summed E-state index contributed by atoms with van der Waals surface area (Å²) >= 11 is 1.35. The van der Waals surface area contributed by atoms with Gasteiger partial charge in [-0.3, -0.25) is 0 Å². The van der Waals surface area contributed by atoms with Gasteiger partial charge in [0, 0.05) is 16.8 Å². The maximum absolute atomic E-state index is 11.7. The molecule has 26 heavy (non-hydrogen) atoms. The predicted molar refractivity (Wildman–Crippen MR) is 95.3 cm³/mol. The van der Waals surface area contributed by atoms with E-state index in [0.29, 0.717) is 16.3 Å². The molecule has 2 rings (SSSR count). The lowest BCUT2D eigenvalue weighted by atomic mass is 10.3. The first-order chi connectivity index (χ1) is 12.6. The smallest absolute Gasteiger partial charge is 0.354 e. The number of hydrogen-bond acceptors (Lipinski definition) is 8. The normalized spacial score (nSPS) is 10.6. The van der Waals surface area contributed by atoms with Crippen LogP contribution in [0.1, 0.15) is 5.56 Å². The molecular weight excluding hydrogens is 354 g/mol. The molecule has 0 saturated carbocycles. The molecule has 0 saturated heterocycles. The van der Waals surface area contributed by atoms with Crippen LogP contribution in [0, 0.1) is 11.3 Å². The summed E-state index contributed by atoms with van der Waals surface area (Å²) < 4.78 is 9.16. The van der Waals surface area contributed by atoms with Gasteiger partial charge in [-0.2, -0.15) is 5.26 Å². The van der Waals surface area contributed by atoms with Crippen molar-refractivity contribution in [3.63, 3.8) is 0 Å². The number of hydrogen-bond donors (Lipinski definition) is 1. The van der Waals surface area contributed by atoms with Crippen LogP contribution in [-0.4, -0.2) is 31.1 Å². The second kappa shape index (κ2) is 9.25. The maximum Gasteiger partial charge on any atom is 0.354 e. The molecule has 7 nitrogen and oxygen atoms in total. The van der Waals surface area contributed by atoms with Crippen LogP contribution >= 0.6 is 11.8 Å². The molecule has 8 heteroatoms. The minimum Gasteiger partial charge on any atom is -0.466 e. The Bertz CT molecular complexity index is 873. The van der Waals surface area contributed by atoms with Crippen LogP contribution in [0.2, 0.25) is 0 Å². The number of esters is 2. The van der Waals surface area contributed by atoms with E-state index in [2.05, 4.69) is 25.8 Å². The number of pyridine rings is 1. The number of methoxy groups -OCH3 is 2. The average molecular weight is 369 g/mol. The lowest BCUT2D eigenvalue weighted by molar-refractivity contribution is -0.138. The zero-order chi connectivity index (χ0) is 18.9. The van der Waals surface area contributed by atoms with Crippen molar-refractivity contribution in [2.45, 2.75) is 9.92 Å². The number of ether oxygens (including phenoxy) is 2. The van der Waals surface area contributed by atoms with Gasteiger partial charge in [0.1, 0.15) is 16.8 Å². The zero-order valence-corrected chi connectivity index (χ0v) is 14.9. The fourth-order valence-electron chi connectivity index (χ4n) is 1.86. The zero-order valence-electron chi connectivity index (χ0n) is 14.1. The first-order valence-corrected chi connectivity index (χ1v) is 8.17. The summed E-state index contributed by atoms with van der Waals surface area (Å²) in [6, 6.07) is 12.6. The van der Waals surface area contributed by atoms with Crippen molar-refractivity contribution in [3.05, 3.63) is 59.9 Å². The first kappa shape index (κ1) is 19.0. The summed E-state index contributed by atoms with van der Waals surface area (Å²) in [6.45, 7) is 0. The summed E-state index contributed by atoms with van der Waals surface area (Å²) in [5.74, 6) is -1.37. The van der Waals surface area contributed by atoms with Gasteiger partial charge in [-0.1, -0.05) is 11.8 Å². The van der Waals surface area contributed by atoms with Crippen LogP contribution in [0.25, 0.3) is 0 Å². The number of nitrogens with one attached hydrogen (secondary N) is 1. The van der Waals surface area contributed by atoms with Gasteiger partial charge in [0.15, 0.2) is 0 Å². The summed E-state index contributed by atoms with van der Waals surface area (Å²) in [4.78, 5) is 28.2. The van der Waals surface area contributed by atoms with Gasteiger partial charge in [0.25, 0.3) is 0 Å². The molecule has 1 aromatic heterocycles. The standard InChI is InChI=1S/C18H15N3O4S/c1-24-16(22)10-15(18(23)25-2)21-13-5-7-14(8-6-13)26-17-12(11-19)4-3-9-20-17/h3-10,21H,1-2H3/b15-10+. The minimum atomic E-state index is -0.694. The Hall–Kier alpha value is -3.31. The SMILES string of the molecule is COC(=O)/C=C(/Nc1ccc(Sc2ncccc2C#N)cc1)C(=O)OC. The highest BCUT2D eigenvalue weighted by Gasteiger charge is 2.13. The number of aromatic nitrogens is 1. The quantitative estimate of drug-likeness (QED) is 0.613. The number of carbonyl (C=O) groups excluding carboxylic acids is 2. The van der Waals surface area contributed by atoms with E-state index in [1.807, 2.05) is 0 Å². The molecule has 0 amide bonds. The largest absolute Gasteiger partial charge is 0.466 e. The Balaban J connectivity index is 2.15. The second-order valence-corrected chi connectivity index (χ2v) is 5.85. The van der Waals surface area contributed by atoms with E-state index in [1.165, 1.54) is 26.0 Å². The maximum atomic E-state index is 11.7. The molecule has 0 atom stereocenters. The second-order valence-electron chi connectivity index (χ2n) is 4.79. The lowest BCUT2D eigenvalue weighted by Crippen LogP contribution is -2.15. The molecule has 1 aromatic carbocycles. The number of nitriles is 1. The molecule has 2 aromatic rings. The van der Waals surface area contributed by atoms with E-state index in [1.54, 1.807) is 42.6 Å². The highest BCUT2D eigenvalue weighted by atomic mass is 32.2. The Morgan fingerprint density at radius 2 is 1.92 bits per heavy atom. The van der Waals surface area contributed by atoms with Gasteiger partial charge in [0.2, 0.25) is 0 Å². The van der Waals surface area contributed by atoms with E-state index in [9.17, 15) is 9.59 Å². The molecule has 0 radical (unpaired) electrons. The molecule has 1 heterocycles. The Morgan fingerprint density at radius 1 is 1.19 bits per heavy atom. The van der Waals surface area contributed by atoms with E-state index in [0.717, 1.165) is 11.0 Å². The first-order valence-electron chi connectivity index (χ1n) is 7.35. The Labute approximate surface area is 154 Å². The van der Waals surface area contributed by atoms with Gasteiger partial charge in [0.05, 0.1) is 25.9 Å². The predicted octanol–water partition coefficient (Wildman–Crippen LogP) is 2.75. The van der Waals surface area contributed by atoms with Gasteiger partial charge < -0.3 is 14.8 Å². The van der Waals surface area contributed by atoms with Crippen molar-refractivity contribution in [1.82, 2.24) is 4.98 Å². The molecule has 1 N–H and O–H groups in total. The van der Waals surface area contributed by atoms with E-state index >= 15 is 0 Å². The van der Waals surface area contributed by atoms with Gasteiger partial charge >= 0.3 is 11.9 Å². The van der Waals surface area contributed by atoms with E-state index in [4.69, 9.17) is 5.26 Å². The van der Waals surface area contributed by atoms with Crippen molar-refractivity contribution < 1.29 is 19.1 Å². The fraction of sp³-hybridized carbons (Fsp3) is 0.111.